The summed E-state index contributed by atoms with van der Waals surface area (Å²) in [5.74, 6) is -0.328. The highest BCUT2D eigenvalue weighted by atomic mass is 35.5. The molecule has 0 fully saturated rings. The third-order valence-electron chi connectivity index (χ3n) is 5.83. The fraction of sp³-hybridized carbons (Fsp3) is 0.192. The van der Waals surface area contributed by atoms with Gasteiger partial charge in [-0.15, -0.1) is 0 Å². The van der Waals surface area contributed by atoms with E-state index in [9.17, 15) is 14.4 Å². The number of carbonyl (C=O) groups excluding carboxylic acids is 1. The number of carbonyl (C=O) groups is 1. The Kier molecular flexibility index (Phi) is 6.20. The molecule has 2 atom stereocenters. The fourth-order valence-electron chi connectivity index (χ4n) is 3.88. The molecule has 4 rings (SSSR count). The van der Waals surface area contributed by atoms with Crippen molar-refractivity contribution in [3.05, 3.63) is 110 Å². The van der Waals surface area contributed by atoms with Gasteiger partial charge in [-0.05, 0) is 56.2 Å². The molecule has 2 unspecified atom stereocenters. The van der Waals surface area contributed by atoms with Gasteiger partial charge in [0.05, 0.1) is 22.6 Å². The molecule has 0 spiro atoms. The van der Waals surface area contributed by atoms with Crippen molar-refractivity contribution in [1.82, 2.24) is 14.5 Å². The van der Waals surface area contributed by atoms with Crippen molar-refractivity contribution < 1.29 is 4.79 Å². The third kappa shape index (κ3) is 4.22. The summed E-state index contributed by atoms with van der Waals surface area (Å²) in [4.78, 5) is 40.0. The van der Waals surface area contributed by atoms with Gasteiger partial charge in [-0.2, -0.15) is 0 Å². The van der Waals surface area contributed by atoms with E-state index in [2.05, 4.69) is 5.32 Å². The van der Waals surface area contributed by atoms with Gasteiger partial charge in [0.25, 0.3) is 5.56 Å². The van der Waals surface area contributed by atoms with E-state index in [4.69, 9.17) is 11.6 Å². The van der Waals surface area contributed by atoms with E-state index in [0.29, 0.717) is 21.6 Å². The Morgan fingerprint density at radius 3 is 2.30 bits per heavy atom. The van der Waals surface area contributed by atoms with Gasteiger partial charge in [0, 0.05) is 5.02 Å². The van der Waals surface area contributed by atoms with Gasteiger partial charge < -0.3 is 5.32 Å². The van der Waals surface area contributed by atoms with E-state index in [1.807, 2.05) is 44.2 Å². The monoisotopic (exact) mass is 461 g/mol. The van der Waals surface area contributed by atoms with E-state index in [0.717, 1.165) is 15.7 Å². The second-order valence-corrected chi connectivity index (χ2v) is 8.47. The Balaban J connectivity index is 1.84. The highest BCUT2D eigenvalue weighted by molar-refractivity contribution is 6.31. The second kappa shape index (κ2) is 9.08. The molecule has 1 heterocycles. The number of aryl methyl sites for hydroxylation is 1. The molecule has 1 aromatic heterocycles. The van der Waals surface area contributed by atoms with Gasteiger partial charge in [0.15, 0.2) is 0 Å². The Labute approximate surface area is 196 Å². The summed E-state index contributed by atoms with van der Waals surface area (Å²) in [6.07, 6.45) is 0. The van der Waals surface area contributed by atoms with Crippen LogP contribution in [0.4, 0.5) is 0 Å². The molecule has 6 nitrogen and oxygen atoms in total. The molecule has 168 valence electrons. The lowest BCUT2D eigenvalue weighted by Crippen LogP contribution is -2.44. The smallest absolute Gasteiger partial charge is 0.336 e. The van der Waals surface area contributed by atoms with E-state index in [1.165, 1.54) is 4.57 Å². The van der Waals surface area contributed by atoms with Crippen LogP contribution in [0.5, 0.6) is 0 Å². The lowest BCUT2D eigenvalue weighted by molar-refractivity contribution is -0.124. The van der Waals surface area contributed by atoms with Crippen LogP contribution in [0.25, 0.3) is 16.6 Å². The van der Waals surface area contributed by atoms with Gasteiger partial charge in [0.2, 0.25) is 5.91 Å². The van der Waals surface area contributed by atoms with Gasteiger partial charge in [-0.3, -0.25) is 14.2 Å². The molecule has 0 aliphatic heterocycles. The van der Waals surface area contributed by atoms with Crippen molar-refractivity contribution >= 4 is 28.4 Å². The van der Waals surface area contributed by atoms with Gasteiger partial charge in [-0.25, -0.2) is 9.36 Å². The van der Waals surface area contributed by atoms with Crippen LogP contribution in [0, 0.1) is 6.92 Å². The SMILES string of the molecule is Cc1ccc(-n2c(=O)c3ccccc3n(C(C)C(=O)NC(C)c3ccccc3)c2=O)cc1Cl. The Morgan fingerprint density at radius 1 is 0.939 bits per heavy atom. The molecular weight excluding hydrogens is 438 g/mol. The van der Waals surface area contributed by atoms with Crippen LogP contribution in [0.15, 0.2) is 82.4 Å². The van der Waals surface area contributed by atoms with Crippen LogP contribution in [0.1, 0.15) is 37.1 Å². The second-order valence-electron chi connectivity index (χ2n) is 8.06. The van der Waals surface area contributed by atoms with Crippen molar-refractivity contribution in [2.24, 2.45) is 0 Å². The number of amides is 1. The average Bonchev–Trinajstić information content (AvgIpc) is 2.82. The first kappa shape index (κ1) is 22.6. The topological polar surface area (TPSA) is 73.1 Å². The number of para-hydroxylation sites is 1. The van der Waals surface area contributed by atoms with Crippen molar-refractivity contribution in [1.29, 1.82) is 0 Å². The number of nitrogens with zero attached hydrogens (tertiary/aromatic N) is 2. The largest absolute Gasteiger partial charge is 0.348 e. The highest BCUT2D eigenvalue weighted by Crippen LogP contribution is 2.20. The molecule has 0 radical (unpaired) electrons. The zero-order chi connectivity index (χ0) is 23.7. The van der Waals surface area contributed by atoms with E-state index in [-0.39, 0.29) is 11.9 Å². The number of hydrogen-bond donors (Lipinski definition) is 1. The normalized spacial score (nSPS) is 13.0. The van der Waals surface area contributed by atoms with Crippen LogP contribution >= 0.6 is 11.6 Å². The van der Waals surface area contributed by atoms with Crippen LogP contribution in [-0.2, 0) is 4.79 Å². The molecule has 3 aromatic carbocycles. The lowest BCUT2D eigenvalue weighted by atomic mass is 10.1. The maximum absolute atomic E-state index is 13.6. The summed E-state index contributed by atoms with van der Waals surface area (Å²) in [5.41, 5.74) is 1.47. The molecular formula is C26H24ClN3O3. The van der Waals surface area contributed by atoms with Crippen LogP contribution < -0.4 is 16.6 Å². The van der Waals surface area contributed by atoms with Gasteiger partial charge >= 0.3 is 5.69 Å². The van der Waals surface area contributed by atoms with Crippen molar-refractivity contribution in [2.45, 2.75) is 32.9 Å². The van der Waals surface area contributed by atoms with Crippen molar-refractivity contribution in [3.63, 3.8) is 0 Å². The number of rotatable bonds is 5. The van der Waals surface area contributed by atoms with Crippen molar-refractivity contribution in [3.8, 4) is 5.69 Å². The molecule has 4 aromatic rings. The number of fused-ring (bicyclic) bond motifs is 1. The third-order valence-corrected chi connectivity index (χ3v) is 6.24. The number of hydrogen-bond acceptors (Lipinski definition) is 3. The molecule has 0 aliphatic carbocycles. The molecule has 33 heavy (non-hydrogen) atoms. The van der Waals surface area contributed by atoms with E-state index in [1.54, 1.807) is 49.4 Å². The predicted octanol–water partition coefficient (Wildman–Crippen LogP) is 4.55. The van der Waals surface area contributed by atoms with E-state index >= 15 is 0 Å². The standard InChI is InChI=1S/C26H24ClN3O3/c1-16-13-14-20(15-22(16)27)30-25(32)21-11-7-8-12-23(21)29(26(30)33)18(3)24(31)28-17(2)19-9-5-4-6-10-19/h4-15,17-18H,1-3H3,(H,28,31). The Morgan fingerprint density at radius 2 is 1.61 bits per heavy atom. The minimum atomic E-state index is -0.860. The maximum Gasteiger partial charge on any atom is 0.336 e. The Bertz CT molecular complexity index is 1460. The first-order valence-electron chi connectivity index (χ1n) is 10.7. The summed E-state index contributed by atoms with van der Waals surface area (Å²) in [5, 5.41) is 3.75. The molecule has 1 N–H and O–H groups in total. The zero-order valence-electron chi connectivity index (χ0n) is 18.6. The quantitative estimate of drug-likeness (QED) is 0.473. The molecule has 0 saturated heterocycles. The van der Waals surface area contributed by atoms with Crippen LogP contribution in [0.2, 0.25) is 5.02 Å². The Hall–Kier alpha value is -3.64. The molecule has 0 aliphatic rings. The van der Waals surface area contributed by atoms with Crippen LogP contribution in [-0.4, -0.2) is 15.0 Å². The van der Waals surface area contributed by atoms with Gasteiger partial charge in [0.1, 0.15) is 6.04 Å². The predicted molar refractivity (Wildman–Crippen MR) is 131 cm³/mol. The number of aromatic nitrogens is 2. The average molecular weight is 462 g/mol. The first-order chi connectivity index (χ1) is 15.8. The summed E-state index contributed by atoms with van der Waals surface area (Å²) in [6, 6.07) is 20.3. The molecule has 7 heteroatoms. The number of halogens is 1. The number of nitrogens with one attached hydrogen (secondary N) is 1. The minimum Gasteiger partial charge on any atom is -0.348 e. The zero-order valence-corrected chi connectivity index (χ0v) is 19.3. The molecule has 1 amide bonds. The lowest BCUT2D eigenvalue weighted by Gasteiger charge is -2.22. The maximum atomic E-state index is 13.6. The van der Waals surface area contributed by atoms with E-state index < -0.39 is 17.3 Å². The minimum absolute atomic E-state index is 0.245. The molecule has 0 bridgehead atoms. The summed E-state index contributed by atoms with van der Waals surface area (Å²) in [7, 11) is 0. The summed E-state index contributed by atoms with van der Waals surface area (Å²) >= 11 is 6.27. The van der Waals surface area contributed by atoms with Crippen LogP contribution in [0.3, 0.4) is 0 Å². The van der Waals surface area contributed by atoms with Crippen molar-refractivity contribution in [2.75, 3.05) is 0 Å². The summed E-state index contributed by atoms with van der Waals surface area (Å²) < 4.78 is 2.43. The fourth-order valence-corrected chi connectivity index (χ4v) is 4.06. The number of benzene rings is 3. The summed E-state index contributed by atoms with van der Waals surface area (Å²) in [6.45, 7) is 5.38. The highest BCUT2D eigenvalue weighted by Gasteiger charge is 2.24. The van der Waals surface area contributed by atoms with Gasteiger partial charge in [-0.1, -0.05) is 60.1 Å². The molecule has 0 saturated carbocycles. The first-order valence-corrected chi connectivity index (χ1v) is 11.1.